The lowest BCUT2D eigenvalue weighted by Gasteiger charge is -2.10. The first-order chi connectivity index (χ1) is 27.7. The summed E-state index contributed by atoms with van der Waals surface area (Å²) in [5, 5.41) is 3.51. The van der Waals surface area contributed by atoms with E-state index < -0.39 is 0 Å². The number of hydrogen-bond acceptors (Lipinski definition) is 7. The second kappa shape index (κ2) is 13.4. The van der Waals surface area contributed by atoms with Gasteiger partial charge in [0, 0.05) is 58.1 Å². The van der Waals surface area contributed by atoms with Gasteiger partial charge >= 0.3 is 0 Å². The van der Waals surface area contributed by atoms with Gasteiger partial charge in [0.2, 0.25) is 0 Å². The molecule has 11 rings (SSSR count). The fraction of sp³-hybridized carbons (Fsp3) is 0. The van der Waals surface area contributed by atoms with Crippen LogP contribution in [0.5, 0.6) is 0 Å². The van der Waals surface area contributed by atoms with Crippen LogP contribution in [0.2, 0.25) is 0 Å². The fourth-order valence-electron chi connectivity index (χ4n) is 7.39. The molecule has 7 heteroatoms. The van der Waals surface area contributed by atoms with Crippen LogP contribution < -0.4 is 0 Å². The first-order valence-corrected chi connectivity index (χ1v) is 20.0. The van der Waals surface area contributed by atoms with Crippen LogP contribution in [0, 0.1) is 0 Å². The average molecular weight is 752 g/mol. The molecule has 0 radical (unpaired) electrons. The van der Waals surface area contributed by atoms with Crippen molar-refractivity contribution in [3.05, 3.63) is 176 Å². The van der Waals surface area contributed by atoms with Crippen molar-refractivity contribution in [2.24, 2.45) is 0 Å². The molecule has 0 amide bonds. The highest BCUT2D eigenvalue weighted by atomic mass is 32.1. The molecule has 0 aliphatic rings. The predicted octanol–water partition coefficient (Wildman–Crippen LogP) is 13.4. The molecule has 0 unspecified atom stereocenters. The highest BCUT2D eigenvalue weighted by Gasteiger charge is 2.18. The molecule has 262 valence electrons. The number of hydrogen-bond donors (Lipinski definition) is 0. The van der Waals surface area contributed by atoms with Gasteiger partial charge < -0.3 is 0 Å². The van der Waals surface area contributed by atoms with Crippen LogP contribution >= 0.6 is 22.7 Å². The lowest BCUT2D eigenvalue weighted by molar-refractivity contribution is 1.07. The first kappa shape index (κ1) is 32.5. The second-order valence-corrected chi connectivity index (χ2v) is 15.8. The predicted molar refractivity (Wildman–Crippen MR) is 234 cm³/mol. The molecule has 0 spiro atoms. The van der Waals surface area contributed by atoms with E-state index in [4.69, 9.17) is 24.9 Å². The summed E-state index contributed by atoms with van der Waals surface area (Å²) in [7, 11) is 0. The quantitative estimate of drug-likeness (QED) is 0.169. The van der Waals surface area contributed by atoms with Crippen LogP contribution in [-0.2, 0) is 0 Å². The number of nitrogens with zero attached hydrogens (tertiary/aromatic N) is 5. The number of thiophene rings is 2. The summed E-state index contributed by atoms with van der Waals surface area (Å²) in [6, 6.07) is 61.0. The molecule has 0 saturated carbocycles. The van der Waals surface area contributed by atoms with E-state index in [0.717, 1.165) is 70.8 Å². The SMILES string of the molecule is c1ccc(-c2cccc(-c3nc(-c4ccccc4)nc(-c4ccc5c(c4)sc4ccc(-c6nc(-c7ccccc7)c7sc8ccccc8c7n6)cc45)n3)c2)cc1. The Bertz CT molecular complexity index is 3250. The number of rotatable bonds is 6. The lowest BCUT2D eigenvalue weighted by atomic mass is 10.0. The summed E-state index contributed by atoms with van der Waals surface area (Å²) >= 11 is 3.52. The smallest absolute Gasteiger partial charge is 0.164 e. The molecule has 0 atom stereocenters. The molecular weight excluding hydrogens is 723 g/mol. The van der Waals surface area contributed by atoms with Gasteiger partial charge in [0.1, 0.15) is 0 Å². The van der Waals surface area contributed by atoms with Crippen molar-refractivity contribution in [3.63, 3.8) is 0 Å². The molecular formula is C49H29N5S2. The minimum absolute atomic E-state index is 0.636. The van der Waals surface area contributed by atoms with E-state index in [2.05, 4.69) is 133 Å². The Morgan fingerprint density at radius 1 is 0.286 bits per heavy atom. The summed E-state index contributed by atoms with van der Waals surface area (Å²) in [6.07, 6.45) is 0. The molecule has 0 aliphatic heterocycles. The van der Waals surface area contributed by atoms with Crippen LogP contribution in [0.25, 0.3) is 108 Å². The molecule has 0 aliphatic carbocycles. The van der Waals surface area contributed by atoms with Gasteiger partial charge in [-0.2, -0.15) is 0 Å². The average Bonchev–Trinajstić information content (AvgIpc) is 3.84. The lowest BCUT2D eigenvalue weighted by Crippen LogP contribution is -2.00. The highest BCUT2D eigenvalue weighted by molar-refractivity contribution is 7.26. The first-order valence-electron chi connectivity index (χ1n) is 18.4. The van der Waals surface area contributed by atoms with Gasteiger partial charge in [-0.15, -0.1) is 22.7 Å². The Morgan fingerprint density at radius 2 is 0.839 bits per heavy atom. The van der Waals surface area contributed by atoms with Gasteiger partial charge in [0.25, 0.3) is 0 Å². The van der Waals surface area contributed by atoms with E-state index in [1.165, 1.54) is 20.2 Å². The van der Waals surface area contributed by atoms with E-state index in [-0.39, 0.29) is 0 Å². The molecule has 0 N–H and O–H groups in total. The van der Waals surface area contributed by atoms with Crippen molar-refractivity contribution < 1.29 is 0 Å². The second-order valence-electron chi connectivity index (χ2n) is 13.7. The van der Waals surface area contributed by atoms with Crippen molar-refractivity contribution in [2.75, 3.05) is 0 Å². The van der Waals surface area contributed by atoms with Gasteiger partial charge in [0.05, 0.1) is 15.9 Å². The van der Waals surface area contributed by atoms with Crippen LogP contribution in [0.15, 0.2) is 176 Å². The minimum Gasteiger partial charge on any atom is -0.226 e. The van der Waals surface area contributed by atoms with E-state index in [1.807, 2.05) is 42.5 Å². The van der Waals surface area contributed by atoms with Crippen LogP contribution in [0.3, 0.4) is 0 Å². The Morgan fingerprint density at radius 3 is 1.61 bits per heavy atom. The number of benzene rings is 7. The van der Waals surface area contributed by atoms with Gasteiger partial charge in [-0.05, 0) is 47.5 Å². The zero-order chi connectivity index (χ0) is 37.0. The van der Waals surface area contributed by atoms with Gasteiger partial charge in [-0.25, -0.2) is 24.9 Å². The summed E-state index contributed by atoms with van der Waals surface area (Å²) in [5.41, 5.74) is 9.11. The third-order valence-corrected chi connectivity index (χ3v) is 12.5. The molecule has 7 aromatic carbocycles. The third-order valence-electron chi connectivity index (χ3n) is 10.1. The van der Waals surface area contributed by atoms with E-state index in [9.17, 15) is 0 Å². The number of aromatic nitrogens is 5. The molecule has 0 bridgehead atoms. The Hall–Kier alpha value is -6.93. The summed E-state index contributed by atoms with van der Waals surface area (Å²) < 4.78 is 4.68. The maximum atomic E-state index is 5.23. The van der Waals surface area contributed by atoms with E-state index >= 15 is 0 Å². The van der Waals surface area contributed by atoms with Gasteiger partial charge in [0.15, 0.2) is 23.3 Å². The molecule has 0 saturated heterocycles. The molecule has 4 heterocycles. The summed E-state index contributed by atoms with van der Waals surface area (Å²) in [5.74, 6) is 2.64. The normalized spacial score (nSPS) is 11.6. The van der Waals surface area contributed by atoms with Crippen LogP contribution in [0.4, 0.5) is 0 Å². The standard InChI is InChI=1S/C49H29N5S2/c1-4-13-30(14-5-1)33-19-12-20-34(27-33)48-52-46(32-17-8-3-9-18-32)53-49(54-48)36-23-25-37-39-28-35(24-26-41(39)55-42(37)29-36)47-50-43(31-15-6-2-7-16-31)45-44(51-47)38-21-10-11-22-40(38)56-45/h1-29H. The maximum Gasteiger partial charge on any atom is 0.164 e. The molecule has 56 heavy (non-hydrogen) atoms. The number of fused-ring (bicyclic) bond motifs is 6. The Balaban J connectivity index is 1.03. The molecule has 5 nitrogen and oxygen atoms in total. The van der Waals surface area contributed by atoms with Gasteiger partial charge in [-0.1, -0.05) is 140 Å². The maximum absolute atomic E-state index is 5.23. The Labute approximate surface area is 330 Å². The van der Waals surface area contributed by atoms with E-state index in [0.29, 0.717) is 17.5 Å². The van der Waals surface area contributed by atoms with Crippen LogP contribution in [-0.4, -0.2) is 24.9 Å². The molecule has 4 aromatic heterocycles. The van der Waals surface area contributed by atoms with Crippen molar-refractivity contribution in [3.8, 4) is 67.9 Å². The van der Waals surface area contributed by atoms with Crippen molar-refractivity contribution >= 4 is 63.1 Å². The van der Waals surface area contributed by atoms with E-state index in [1.54, 1.807) is 22.7 Å². The molecule has 11 aromatic rings. The van der Waals surface area contributed by atoms with Gasteiger partial charge in [-0.3, -0.25) is 0 Å². The fourth-order valence-corrected chi connectivity index (χ4v) is 9.67. The topological polar surface area (TPSA) is 64.5 Å². The highest BCUT2D eigenvalue weighted by Crippen LogP contribution is 2.41. The minimum atomic E-state index is 0.636. The summed E-state index contributed by atoms with van der Waals surface area (Å²) in [4.78, 5) is 25.6. The summed E-state index contributed by atoms with van der Waals surface area (Å²) in [6.45, 7) is 0. The zero-order valence-electron chi connectivity index (χ0n) is 29.8. The largest absolute Gasteiger partial charge is 0.226 e. The zero-order valence-corrected chi connectivity index (χ0v) is 31.4. The molecule has 0 fully saturated rings. The Kier molecular flexibility index (Phi) is 7.79. The monoisotopic (exact) mass is 751 g/mol. The van der Waals surface area contributed by atoms with Crippen LogP contribution in [0.1, 0.15) is 0 Å². The van der Waals surface area contributed by atoms with Crippen molar-refractivity contribution in [1.29, 1.82) is 0 Å². The van der Waals surface area contributed by atoms with Crippen molar-refractivity contribution in [2.45, 2.75) is 0 Å². The van der Waals surface area contributed by atoms with Crippen molar-refractivity contribution in [1.82, 2.24) is 24.9 Å². The third kappa shape index (κ3) is 5.73.